The quantitative estimate of drug-likeness (QED) is 0.284. The van der Waals surface area contributed by atoms with E-state index in [2.05, 4.69) is 10.3 Å². The number of nitrogens with one attached hydrogen (secondary N) is 2. The molecule has 3 aromatic rings. The van der Waals surface area contributed by atoms with Gasteiger partial charge in [0, 0.05) is 7.11 Å². The molecule has 0 spiro atoms. The summed E-state index contributed by atoms with van der Waals surface area (Å²) in [5.41, 5.74) is 0.705. The number of alkyl carbamates (subject to hydrolysis) is 1. The van der Waals surface area contributed by atoms with Crippen LogP contribution in [0, 0.1) is 11.7 Å². The Hall–Kier alpha value is -3.94. The maximum absolute atomic E-state index is 15.4. The Labute approximate surface area is 243 Å². The number of hydrogen-bond acceptors (Lipinski definition) is 6. The van der Waals surface area contributed by atoms with Gasteiger partial charge in [0.2, 0.25) is 5.89 Å². The van der Waals surface area contributed by atoms with Crippen LogP contribution in [0.15, 0.2) is 46.9 Å². The van der Waals surface area contributed by atoms with E-state index in [0.29, 0.717) is 12.8 Å². The van der Waals surface area contributed by atoms with Crippen molar-refractivity contribution < 1.29 is 45.4 Å². The highest BCUT2D eigenvalue weighted by atomic mass is 19.4. The van der Waals surface area contributed by atoms with E-state index in [1.54, 1.807) is 24.3 Å². The van der Waals surface area contributed by atoms with E-state index in [1.165, 1.54) is 13.2 Å². The first-order valence-corrected chi connectivity index (χ1v) is 13.9. The summed E-state index contributed by atoms with van der Waals surface area (Å²) in [5.74, 6) is -1.16. The van der Waals surface area contributed by atoms with Crippen LogP contribution in [0.2, 0.25) is 0 Å². The Morgan fingerprint density at radius 3 is 2.56 bits per heavy atom. The number of halogens is 5. The fourth-order valence-corrected chi connectivity index (χ4v) is 5.58. The first-order chi connectivity index (χ1) is 20.5. The monoisotopic (exact) mass is 610 g/mol. The normalized spacial score (nSPS) is 22.3. The van der Waals surface area contributed by atoms with Crippen LogP contribution in [0.5, 0.6) is 0 Å². The molecule has 0 bridgehead atoms. The van der Waals surface area contributed by atoms with Gasteiger partial charge in [-0.3, -0.25) is 0 Å². The smallest absolute Gasteiger partial charge is 0.410 e. The fourth-order valence-electron chi connectivity index (χ4n) is 5.58. The number of aromatic nitrogens is 1. The van der Waals surface area contributed by atoms with Crippen molar-refractivity contribution >= 4 is 23.2 Å². The molecule has 1 aliphatic heterocycles. The number of methoxy groups -OCH3 is 1. The van der Waals surface area contributed by atoms with Crippen LogP contribution in [-0.4, -0.2) is 60.7 Å². The van der Waals surface area contributed by atoms with Crippen LogP contribution in [0.3, 0.4) is 0 Å². The highest BCUT2D eigenvalue weighted by Gasteiger charge is 2.48. The molecule has 1 aromatic heterocycles. The Kier molecular flexibility index (Phi) is 9.04. The van der Waals surface area contributed by atoms with Crippen LogP contribution in [0.1, 0.15) is 54.8 Å². The molecule has 0 unspecified atom stereocenters. The summed E-state index contributed by atoms with van der Waals surface area (Å²) in [4.78, 5) is 30.6. The van der Waals surface area contributed by atoms with Crippen molar-refractivity contribution in [3.8, 4) is 0 Å². The summed E-state index contributed by atoms with van der Waals surface area (Å²) in [5, 5.41) is 4.65. The van der Waals surface area contributed by atoms with E-state index < -0.39 is 55.0 Å². The minimum Gasteiger partial charge on any atom is -0.445 e. The van der Waals surface area contributed by atoms with Gasteiger partial charge in [0.1, 0.15) is 30.4 Å². The first kappa shape index (κ1) is 30.5. The predicted octanol–water partition coefficient (Wildman–Crippen LogP) is 6.11. The number of fused-ring (bicyclic) bond motifs is 1. The fraction of sp³-hybridized carbons (Fsp3) is 0.483. The highest BCUT2D eigenvalue weighted by molar-refractivity contribution is 5.79. The van der Waals surface area contributed by atoms with Gasteiger partial charge in [-0.15, -0.1) is 0 Å². The second kappa shape index (κ2) is 12.7. The van der Waals surface area contributed by atoms with E-state index in [4.69, 9.17) is 13.9 Å². The van der Waals surface area contributed by atoms with Crippen molar-refractivity contribution in [2.75, 3.05) is 20.3 Å². The number of ether oxygens (including phenoxy) is 2. The zero-order valence-corrected chi connectivity index (χ0v) is 23.2. The molecule has 2 fully saturated rings. The standard InChI is InChI=1S/C29H31F5N4O5/c1-41-15-22(38-13-23(29(32,33)34)36-27(38)39)18-11-20(31)25-21(12-18)35-26(43-25)24(17-7-9-19(30)10-8-17)37-28(40)42-14-16-5-3-2-4-6-16/h2-6,11-12,17,19,22-24H,7-10,13-15H2,1H3,(H,36,39)(H,37,40)/t17?,19?,22-,23+,24+/m1/s1. The molecule has 1 saturated heterocycles. The number of carbonyl (C=O) groups excluding carboxylic acids is 2. The number of carbonyl (C=O) groups is 2. The number of hydrogen-bond donors (Lipinski definition) is 2. The molecule has 0 radical (unpaired) electrons. The van der Waals surface area contributed by atoms with Crippen molar-refractivity contribution in [3.63, 3.8) is 0 Å². The zero-order chi connectivity index (χ0) is 30.7. The van der Waals surface area contributed by atoms with Crippen LogP contribution >= 0.6 is 0 Å². The first-order valence-electron chi connectivity index (χ1n) is 13.9. The van der Waals surface area contributed by atoms with Gasteiger partial charge >= 0.3 is 18.3 Å². The van der Waals surface area contributed by atoms with Crippen LogP contribution < -0.4 is 10.6 Å². The van der Waals surface area contributed by atoms with Crippen molar-refractivity contribution in [1.82, 2.24) is 20.5 Å². The number of urea groups is 1. The van der Waals surface area contributed by atoms with Crippen LogP contribution in [-0.2, 0) is 16.1 Å². The van der Waals surface area contributed by atoms with E-state index in [-0.39, 0.29) is 54.5 Å². The molecule has 1 saturated carbocycles. The zero-order valence-electron chi connectivity index (χ0n) is 23.2. The third-order valence-electron chi connectivity index (χ3n) is 7.83. The van der Waals surface area contributed by atoms with Gasteiger partial charge in [0.05, 0.1) is 19.2 Å². The lowest BCUT2D eigenvalue weighted by Crippen LogP contribution is -2.40. The van der Waals surface area contributed by atoms with Crippen molar-refractivity contribution in [3.05, 3.63) is 65.3 Å². The van der Waals surface area contributed by atoms with E-state index in [1.807, 2.05) is 11.4 Å². The molecular weight excluding hydrogens is 579 g/mol. The minimum atomic E-state index is -4.66. The topological polar surface area (TPSA) is 106 Å². The molecule has 2 aliphatic rings. The van der Waals surface area contributed by atoms with E-state index in [0.717, 1.165) is 16.5 Å². The average molecular weight is 611 g/mol. The molecule has 3 atom stereocenters. The summed E-state index contributed by atoms with van der Waals surface area (Å²) in [6.07, 6.45) is -5.02. The SMILES string of the molecule is COC[C@H](c1cc(F)c2oc([C@@H](NC(=O)OCc3ccccc3)C3CCC(F)CC3)nc2c1)N1C[C@@H](C(F)(F)F)NC1=O. The molecular formula is C29H31F5N4O5. The second-order valence-electron chi connectivity index (χ2n) is 10.8. The molecule has 232 valence electrons. The largest absolute Gasteiger partial charge is 0.445 e. The number of rotatable bonds is 9. The Morgan fingerprint density at radius 2 is 1.91 bits per heavy atom. The number of amides is 3. The van der Waals surface area contributed by atoms with Crippen LogP contribution in [0.25, 0.3) is 11.1 Å². The maximum atomic E-state index is 15.4. The molecule has 3 amide bonds. The summed E-state index contributed by atoms with van der Waals surface area (Å²) in [7, 11) is 1.31. The Balaban J connectivity index is 1.42. The number of benzene rings is 2. The summed E-state index contributed by atoms with van der Waals surface area (Å²) < 4.78 is 85.5. The molecule has 2 aromatic carbocycles. The molecule has 14 heteroatoms. The summed E-state index contributed by atoms with van der Waals surface area (Å²) >= 11 is 0. The number of nitrogens with zero attached hydrogens (tertiary/aromatic N) is 2. The van der Waals surface area contributed by atoms with Gasteiger partial charge in [0.25, 0.3) is 0 Å². The third kappa shape index (κ3) is 7.00. The Morgan fingerprint density at radius 1 is 1.19 bits per heavy atom. The predicted molar refractivity (Wildman–Crippen MR) is 143 cm³/mol. The van der Waals surface area contributed by atoms with Crippen molar-refractivity contribution in [1.29, 1.82) is 0 Å². The molecule has 1 aliphatic carbocycles. The molecule has 43 heavy (non-hydrogen) atoms. The van der Waals surface area contributed by atoms with Crippen LogP contribution in [0.4, 0.5) is 31.5 Å². The van der Waals surface area contributed by atoms with Gasteiger partial charge in [-0.1, -0.05) is 30.3 Å². The lowest BCUT2D eigenvalue weighted by atomic mass is 9.83. The average Bonchev–Trinajstić information content (AvgIpc) is 3.59. The van der Waals surface area contributed by atoms with Gasteiger partial charge in [-0.25, -0.2) is 23.4 Å². The van der Waals surface area contributed by atoms with E-state index >= 15 is 4.39 Å². The summed E-state index contributed by atoms with van der Waals surface area (Å²) in [6.45, 7) is -0.895. The summed E-state index contributed by atoms with van der Waals surface area (Å²) in [6, 6.07) is 6.51. The second-order valence-corrected chi connectivity index (χ2v) is 10.8. The lowest BCUT2D eigenvalue weighted by Gasteiger charge is -2.30. The van der Waals surface area contributed by atoms with Gasteiger partial charge in [-0.2, -0.15) is 13.2 Å². The van der Waals surface area contributed by atoms with Crippen molar-refractivity contribution in [2.24, 2.45) is 5.92 Å². The lowest BCUT2D eigenvalue weighted by molar-refractivity contribution is -0.150. The molecule has 5 rings (SSSR count). The van der Waals surface area contributed by atoms with Gasteiger partial charge < -0.3 is 29.4 Å². The van der Waals surface area contributed by atoms with Gasteiger partial charge in [-0.05, 0) is 54.9 Å². The molecule has 9 nitrogen and oxygen atoms in total. The molecule has 2 heterocycles. The Bertz CT molecular complexity index is 1430. The number of oxazole rings is 1. The number of alkyl halides is 4. The van der Waals surface area contributed by atoms with Gasteiger partial charge in [0.15, 0.2) is 11.4 Å². The van der Waals surface area contributed by atoms with Crippen molar-refractivity contribution in [2.45, 2.75) is 62.8 Å². The molecule has 2 N–H and O–H groups in total. The van der Waals surface area contributed by atoms with E-state index in [9.17, 15) is 27.2 Å². The highest BCUT2D eigenvalue weighted by Crippen LogP contribution is 2.38. The third-order valence-corrected chi connectivity index (χ3v) is 7.83. The maximum Gasteiger partial charge on any atom is 0.410 e. The minimum absolute atomic E-state index is 0.00230.